The highest BCUT2D eigenvalue weighted by atomic mass is 32.2. The second kappa shape index (κ2) is 30.3. The number of rotatable bonds is 22. The molecule has 4 amide bonds. The molecular weight excluding hydrogens is 1150 g/mol. The van der Waals surface area contributed by atoms with Gasteiger partial charge in [0.25, 0.3) is 23.6 Å². The van der Waals surface area contributed by atoms with Crippen molar-refractivity contribution in [3.63, 3.8) is 0 Å². The number of ether oxygens (including phenoxy) is 1. The molecule has 0 fully saturated rings. The highest BCUT2D eigenvalue weighted by Gasteiger charge is 2.31. The van der Waals surface area contributed by atoms with Crippen LogP contribution >= 0.6 is 23.5 Å². The molecule has 0 unspecified atom stereocenters. The Morgan fingerprint density at radius 3 is 1.29 bits per heavy atom. The van der Waals surface area contributed by atoms with E-state index in [4.69, 9.17) is 5.11 Å². The van der Waals surface area contributed by atoms with Crippen LogP contribution in [0, 0.1) is 0 Å². The first-order valence-corrected chi connectivity index (χ1v) is 28.3. The van der Waals surface area contributed by atoms with Crippen LogP contribution in [0.5, 0.6) is 0 Å². The number of nitrogens with one attached hydrogen (secondary N) is 4. The molecule has 0 bridgehead atoms. The van der Waals surface area contributed by atoms with E-state index in [0.29, 0.717) is 85.6 Å². The molecule has 0 radical (unpaired) electrons. The number of anilines is 2. The fraction of sp³-hybridized carbons (Fsp3) is 0.175. The number of esters is 1. The number of thioether (sulfide) groups is 2. The fourth-order valence-electron chi connectivity index (χ4n) is 8.14. The van der Waals surface area contributed by atoms with Gasteiger partial charge in [-0.3, -0.25) is 38.7 Å². The Hall–Kier alpha value is -9.28. The van der Waals surface area contributed by atoms with Gasteiger partial charge in [0.1, 0.15) is 0 Å². The molecule has 22 heteroatoms. The van der Waals surface area contributed by atoms with E-state index in [1.807, 2.05) is 12.1 Å². The number of aromatic nitrogens is 2. The third-order valence-corrected chi connectivity index (χ3v) is 14.5. The number of pyridine rings is 2. The van der Waals surface area contributed by atoms with E-state index in [2.05, 4.69) is 36.0 Å². The average molecular weight is 1200 g/mol. The van der Waals surface area contributed by atoms with Crippen molar-refractivity contribution in [3.05, 3.63) is 238 Å². The van der Waals surface area contributed by atoms with Gasteiger partial charge in [0.15, 0.2) is 0 Å². The van der Waals surface area contributed by atoms with Crippen molar-refractivity contribution < 1.29 is 65.0 Å². The highest BCUT2D eigenvalue weighted by Crippen LogP contribution is 2.33. The molecule has 438 valence electrons. The minimum absolute atomic E-state index is 0.0638. The number of carbonyl (C=O) groups is 6. The Morgan fingerprint density at radius 1 is 0.471 bits per heavy atom. The third kappa shape index (κ3) is 19.4. The Balaban J connectivity index is 0.000000244. The van der Waals surface area contributed by atoms with Gasteiger partial charge in [0.05, 0.1) is 53.8 Å². The number of amides is 4. The van der Waals surface area contributed by atoms with E-state index in [-0.39, 0.29) is 48.4 Å². The van der Waals surface area contributed by atoms with Crippen LogP contribution in [0.15, 0.2) is 182 Å². The minimum atomic E-state index is -4.48. The Labute approximate surface area is 493 Å². The van der Waals surface area contributed by atoms with Gasteiger partial charge >= 0.3 is 24.3 Å². The van der Waals surface area contributed by atoms with Gasteiger partial charge in [-0.05, 0) is 107 Å². The van der Waals surface area contributed by atoms with Crippen molar-refractivity contribution in [2.45, 2.75) is 49.8 Å². The number of carboxylic acids is 1. The molecule has 14 nitrogen and oxygen atoms in total. The van der Waals surface area contributed by atoms with Crippen molar-refractivity contribution in [3.8, 4) is 22.5 Å². The predicted molar refractivity (Wildman–Crippen MR) is 315 cm³/mol. The van der Waals surface area contributed by atoms with Gasteiger partial charge in [-0.15, -0.1) is 0 Å². The summed E-state index contributed by atoms with van der Waals surface area (Å²) in [6, 6.07) is 43.9. The van der Waals surface area contributed by atoms with E-state index >= 15 is 0 Å². The summed E-state index contributed by atoms with van der Waals surface area (Å²) in [6.07, 6.45) is -5.68. The molecule has 2 heterocycles. The zero-order chi connectivity index (χ0) is 60.9. The summed E-state index contributed by atoms with van der Waals surface area (Å²) < 4.78 is 82.7. The number of para-hydroxylation sites is 2. The first kappa shape index (κ1) is 63.3. The standard InChI is InChI=1S/C32H28F3N3O4S.C31H26F3N3O4S/c1-42-29(39)13-15-43-20-22-7-4-8-23(16-22)31(41)38-27-11-3-2-10-26(27)28-18-24(12-14-36-28)30(40)37-19-21-6-5-9-25(17-21)32(33,34)35;32-31(33,34)24-8-4-5-20(16-24)18-36-29(40)23-11-13-35-27(17-23)25-9-1-2-10-26(25)37-30(41)22-7-3-6-21(15-22)19-42-14-12-28(38)39/h2-12,14,16-18H,13,15,19-20H2,1H3,(H,37,40)(H,38,41);1-11,13,15-17H,12,14,18-19H2,(H,36,40)(H,37,41)(H,38,39). The zero-order valence-corrected chi connectivity index (χ0v) is 46.9. The Kier molecular flexibility index (Phi) is 22.6. The number of carbonyl (C=O) groups excluding carboxylic acids is 5. The topological polar surface area (TPSA) is 206 Å². The molecule has 0 aliphatic rings. The zero-order valence-electron chi connectivity index (χ0n) is 45.3. The van der Waals surface area contributed by atoms with Crippen LogP contribution in [0.3, 0.4) is 0 Å². The summed E-state index contributed by atoms with van der Waals surface area (Å²) in [7, 11) is 1.35. The van der Waals surface area contributed by atoms with Crippen LogP contribution in [0.25, 0.3) is 22.5 Å². The van der Waals surface area contributed by atoms with Gasteiger partial charge in [-0.1, -0.05) is 84.9 Å². The summed E-state index contributed by atoms with van der Waals surface area (Å²) in [6.45, 7) is -0.180. The largest absolute Gasteiger partial charge is 0.481 e. The Morgan fingerprint density at radius 2 is 0.871 bits per heavy atom. The van der Waals surface area contributed by atoms with E-state index < -0.39 is 41.3 Å². The second-order valence-electron chi connectivity index (χ2n) is 18.6. The van der Waals surface area contributed by atoms with E-state index in [1.165, 1.54) is 67.7 Å². The van der Waals surface area contributed by atoms with Crippen molar-refractivity contribution in [2.75, 3.05) is 29.2 Å². The lowest BCUT2D eigenvalue weighted by molar-refractivity contribution is -0.140. The first-order chi connectivity index (χ1) is 40.7. The van der Waals surface area contributed by atoms with E-state index in [9.17, 15) is 55.1 Å². The summed E-state index contributed by atoms with van der Waals surface area (Å²) in [5.41, 5.74) is 5.21. The third-order valence-electron chi connectivity index (χ3n) is 12.4. The maximum Gasteiger partial charge on any atom is 0.416 e. The molecule has 8 aromatic rings. The number of hydrogen-bond donors (Lipinski definition) is 5. The van der Waals surface area contributed by atoms with Crippen molar-refractivity contribution in [1.29, 1.82) is 0 Å². The number of benzene rings is 6. The first-order valence-electron chi connectivity index (χ1n) is 26.0. The van der Waals surface area contributed by atoms with Crippen LogP contribution in [0.2, 0.25) is 0 Å². The van der Waals surface area contributed by atoms with Crippen molar-refractivity contribution in [2.24, 2.45) is 0 Å². The summed E-state index contributed by atoms with van der Waals surface area (Å²) in [5, 5.41) is 19.9. The van der Waals surface area contributed by atoms with E-state index in [1.54, 1.807) is 109 Å². The molecule has 8 rings (SSSR count). The van der Waals surface area contributed by atoms with Crippen LogP contribution in [0.4, 0.5) is 37.7 Å². The van der Waals surface area contributed by atoms with Gasteiger partial charge in [0.2, 0.25) is 0 Å². The van der Waals surface area contributed by atoms with Gasteiger partial charge in [0, 0.05) is 81.9 Å². The van der Waals surface area contributed by atoms with Gasteiger partial charge in [-0.2, -0.15) is 49.9 Å². The SMILES string of the molecule is COC(=O)CCSCc1cccc(C(=O)Nc2ccccc2-c2cc(C(=O)NCc3cccc(C(F)(F)F)c3)ccn2)c1.O=C(O)CCSCc1cccc(C(=O)Nc2ccccc2-c2cc(C(=O)NCc3cccc(C(F)(F)F)c3)ccn2)c1. The van der Waals surface area contributed by atoms with Gasteiger partial charge < -0.3 is 31.1 Å². The summed E-state index contributed by atoms with van der Waals surface area (Å²) in [5.74, 6) is -0.516. The molecule has 0 spiro atoms. The van der Waals surface area contributed by atoms with Crippen molar-refractivity contribution >= 4 is 70.5 Å². The normalized spacial score (nSPS) is 11.1. The molecule has 0 saturated heterocycles. The molecule has 2 aromatic heterocycles. The number of nitrogens with zero attached hydrogens (tertiary/aromatic N) is 2. The molecule has 0 atom stereocenters. The molecule has 5 N–H and O–H groups in total. The summed E-state index contributed by atoms with van der Waals surface area (Å²) >= 11 is 3.03. The second-order valence-corrected chi connectivity index (χ2v) is 20.8. The minimum Gasteiger partial charge on any atom is -0.481 e. The molecule has 0 aliphatic heterocycles. The fourth-order valence-corrected chi connectivity index (χ4v) is 9.89. The predicted octanol–water partition coefficient (Wildman–Crippen LogP) is 13.4. The average Bonchev–Trinajstić information content (AvgIpc) is 3.71. The number of hydrogen-bond acceptors (Lipinski definition) is 11. The maximum absolute atomic E-state index is 13.2. The van der Waals surface area contributed by atoms with E-state index in [0.717, 1.165) is 35.4 Å². The number of alkyl halides is 6. The number of carboxylic acid groups (broad SMARTS) is 1. The smallest absolute Gasteiger partial charge is 0.416 e. The van der Waals surface area contributed by atoms with Crippen LogP contribution in [-0.2, 0) is 51.3 Å². The maximum atomic E-state index is 13.2. The summed E-state index contributed by atoms with van der Waals surface area (Å²) in [4.78, 5) is 82.7. The molecular formula is C63H54F6N6O8S2. The highest BCUT2D eigenvalue weighted by molar-refractivity contribution is 7.98. The lowest BCUT2D eigenvalue weighted by atomic mass is 10.1. The quantitative estimate of drug-likeness (QED) is 0.0244. The number of methoxy groups -OCH3 is 1. The lowest BCUT2D eigenvalue weighted by Crippen LogP contribution is -2.23. The lowest BCUT2D eigenvalue weighted by Gasteiger charge is -2.13. The monoisotopic (exact) mass is 1200 g/mol. The molecule has 85 heavy (non-hydrogen) atoms. The van der Waals surface area contributed by atoms with Crippen LogP contribution < -0.4 is 21.3 Å². The molecule has 0 aliphatic carbocycles. The molecule has 0 saturated carbocycles. The molecule has 6 aromatic carbocycles. The number of aliphatic carboxylic acids is 1. The van der Waals surface area contributed by atoms with Crippen LogP contribution in [0.1, 0.15) is 87.7 Å². The van der Waals surface area contributed by atoms with Crippen molar-refractivity contribution in [1.82, 2.24) is 20.6 Å². The van der Waals surface area contributed by atoms with Crippen LogP contribution in [-0.4, -0.2) is 69.3 Å². The van der Waals surface area contributed by atoms with Gasteiger partial charge in [-0.25, -0.2) is 0 Å². The number of halogens is 6. The Bertz CT molecular complexity index is 3680.